The largest absolute Gasteiger partial charge is 0.466 e. The summed E-state index contributed by atoms with van der Waals surface area (Å²) in [4.78, 5) is 16.3. The van der Waals surface area contributed by atoms with Gasteiger partial charge < -0.3 is 10.1 Å². The number of fused-ring (bicyclic) bond motifs is 1. The van der Waals surface area contributed by atoms with E-state index in [1.54, 1.807) is 4.68 Å². The Balaban J connectivity index is 2.17. The first-order chi connectivity index (χ1) is 10.1. The highest BCUT2D eigenvalue weighted by Gasteiger charge is 2.33. The number of esters is 1. The van der Waals surface area contributed by atoms with Gasteiger partial charge in [-0.2, -0.15) is 10.1 Å². The van der Waals surface area contributed by atoms with Gasteiger partial charge in [0.15, 0.2) is 0 Å². The topological polar surface area (TPSA) is 69.0 Å². The molecular formula is C14H13BrN4O2. The van der Waals surface area contributed by atoms with Crippen LogP contribution in [0.3, 0.4) is 0 Å². The summed E-state index contributed by atoms with van der Waals surface area (Å²) < 4.78 is 7.57. The molecule has 1 aliphatic heterocycles. The molecule has 6 nitrogen and oxygen atoms in total. The molecule has 2 aromatic rings. The van der Waals surface area contributed by atoms with E-state index in [1.165, 1.54) is 13.4 Å². The van der Waals surface area contributed by atoms with Crippen LogP contribution in [-0.2, 0) is 9.53 Å². The van der Waals surface area contributed by atoms with Gasteiger partial charge in [-0.3, -0.25) is 0 Å². The van der Waals surface area contributed by atoms with Crippen LogP contribution in [0.5, 0.6) is 0 Å². The zero-order chi connectivity index (χ0) is 15.0. The number of ether oxygens (including phenoxy) is 1. The number of rotatable bonds is 2. The van der Waals surface area contributed by atoms with Crippen LogP contribution in [0, 0.1) is 0 Å². The number of nitrogens with zero attached hydrogens (tertiary/aromatic N) is 3. The number of allylic oxidation sites excluding steroid dienone is 1. The predicted octanol–water partition coefficient (Wildman–Crippen LogP) is 2.50. The maximum Gasteiger partial charge on any atom is 0.338 e. The summed E-state index contributed by atoms with van der Waals surface area (Å²) in [5, 5.41) is 7.30. The smallest absolute Gasteiger partial charge is 0.338 e. The fraction of sp³-hybridized carbons (Fsp3) is 0.214. The third-order valence-electron chi connectivity index (χ3n) is 3.39. The van der Waals surface area contributed by atoms with Crippen molar-refractivity contribution in [2.45, 2.75) is 13.0 Å². The first-order valence-electron chi connectivity index (χ1n) is 6.33. The zero-order valence-corrected chi connectivity index (χ0v) is 13.1. The molecule has 7 heteroatoms. The van der Waals surface area contributed by atoms with Crippen LogP contribution in [0.15, 0.2) is 46.3 Å². The van der Waals surface area contributed by atoms with Crippen LogP contribution in [-0.4, -0.2) is 27.8 Å². The molecule has 0 amide bonds. The lowest BCUT2D eigenvalue weighted by Gasteiger charge is -2.27. The number of halogens is 1. The minimum atomic E-state index is -0.380. The second-order valence-corrected chi connectivity index (χ2v) is 5.55. The molecule has 1 aromatic carbocycles. The van der Waals surface area contributed by atoms with Crippen molar-refractivity contribution in [1.29, 1.82) is 0 Å². The average molecular weight is 349 g/mol. The van der Waals surface area contributed by atoms with Crippen molar-refractivity contribution in [3.05, 3.63) is 51.9 Å². The number of hydrogen-bond donors (Lipinski definition) is 1. The molecule has 108 valence electrons. The van der Waals surface area contributed by atoms with Crippen molar-refractivity contribution in [2.24, 2.45) is 0 Å². The van der Waals surface area contributed by atoms with Gasteiger partial charge in [0.2, 0.25) is 5.95 Å². The van der Waals surface area contributed by atoms with Crippen LogP contribution in [0.2, 0.25) is 0 Å². The Bertz CT molecular complexity index is 721. The molecule has 1 aromatic heterocycles. The fourth-order valence-electron chi connectivity index (χ4n) is 2.42. The van der Waals surface area contributed by atoms with E-state index in [0.717, 1.165) is 15.7 Å². The number of nitrogens with one attached hydrogen (secondary N) is 1. The van der Waals surface area contributed by atoms with Gasteiger partial charge in [-0.25, -0.2) is 9.48 Å². The second-order valence-electron chi connectivity index (χ2n) is 4.64. The number of hydrogen-bond acceptors (Lipinski definition) is 5. The Morgan fingerprint density at radius 2 is 2.10 bits per heavy atom. The van der Waals surface area contributed by atoms with E-state index in [-0.39, 0.29) is 12.0 Å². The maximum atomic E-state index is 12.2. The van der Waals surface area contributed by atoms with Crippen molar-refractivity contribution in [1.82, 2.24) is 14.8 Å². The van der Waals surface area contributed by atoms with E-state index in [9.17, 15) is 4.79 Å². The normalized spacial score (nSPS) is 17.2. The molecule has 21 heavy (non-hydrogen) atoms. The van der Waals surface area contributed by atoms with E-state index in [2.05, 4.69) is 31.3 Å². The molecule has 0 aliphatic carbocycles. The fourth-order valence-corrected chi connectivity index (χ4v) is 2.68. The third-order valence-corrected chi connectivity index (χ3v) is 3.91. The van der Waals surface area contributed by atoms with Crippen LogP contribution < -0.4 is 5.32 Å². The molecular weight excluding hydrogens is 336 g/mol. The standard InChI is InChI=1S/C14H13BrN4O2/c1-8-11(13(20)21-2)12(9-3-5-10(15)6-4-9)19-14(18-8)16-7-17-19/h3-7,12H,1-2H3,(H,16,17,18)/t12-/m0/s1. The molecule has 0 bridgehead atoms. The van der Waals surface area contributed by atoms with E-state index < -0.39 is 0 Å². The molecule has 0 saturated heterocycles. The Kier molecular flexibility index (Phi) is 3.50. The summed E-state index contributed by atoms with van der Waals surface area (Å²) in [5.41, 5.74) is 2.18. The summed E-state index contributed by atoms with van der Waals surface area (Å²) >= 11 is 3.41. The van der Waals surface area contributed by atoms with E-state index in [1.807, 2.05) is 31.2 Å². The van der Waals surface area contributed by atoms with Crippen LogP contribution in [0.1, 0.15) is 18.5 Å². The number of methoxy groups -OCH3 is 1. The molecule has 0 unspecified atom stereocenters. The van der Waals surface area contributed by atoms with Gasteiger partial charge in [0.1, 0.15) is 12.4 Å². The molecule has 0 radical (unpaired) electrons. The summed E-state index contributed by atoms with van der Waals surface area (Å²) in [5.74, 6) is 0.224. The number of benzene rings is 1. The van der Waals surface area contributed by atoms with Gasteiger partial charge in [-0.15, -0.1) is 0 Å². The van der Waals surface area contributed by atoms with E-state index >= 15 is 0 Å². The van der Waals surface area contributed by atoms with Gasteiger partial charge in [-0.1, -0.05) is 28.1 Å². The third kappa shape index (κ3) is 2.33. The van der Waals surface area contributed by atoms with E-state index in [0.29, 0.717) is 11.5 Å². The summed E-state index contributed by atoms with van der Waals surface area (Å²) in [6.45, 7) is 1.83. The minimum absolute atomic E-state index is 0.357. The van der Waals surface area contributed by atoms with Crippen molar-refractivity contribution in [3.63, 3.8) is 0 Å². The maximum absolute atomic E-state index is 12.2. The minimum Gasteiger partial charge on any atom is -0.466 e. The van der Waals surface area contributed by atoms with Gasteiger partial charge in [0.05, 0.1) is 12.7 Å². The number of aromatic nitrogens is 3. The Hall–Kier alpha value is -2.15. The average Bonchev–Trinajstić information content (AvgIpc) is 2.94. The van der Waals surface area contributed by atoms with Crippen molar-refractivity contribution < 1.29 is 9.53 Å². The van der Waals surface area contributed by atoms with Gasteiger partial charge in [0.25, 0.3) is 0 Å². The summed E-state index contributed by atoms with van der Waals surface area (Å²) in [7, 11) is 1.37. The molecule has 1 atom stereocenters. The first-order valence-corrected chi connectivity index (χ1v) is 7.12. The van der Waals surface area contributed by atoms with Crippen molar-refractivity contribution in [3.8, 4) is 0 Å². The molecule has 0 saturated carbocycles. The highest BCUT2D eigenvalue weighted by atomic mass is 79.9. The van der Waals surface area contributed by atoms with Gasteiger partial charge >= 0.3 is 5.97 Å². The predicted molar refractivity (Wildman–Crippen MR) is 80.6 cm³/mol. The number of anilines is 1. The molecule has 0 spiro atoms. The monoisotopic (exact) mass is 348 g/mol. The zero-order valence-electron chi connectivity index (χ0n) is 11.5. The summed E-state index contributed by atoms with van der Waals surface area (Å²) in [6.07, 6.45) is 1.46. The SMILES string of the molecule is COC(=O)C1=C(C)Nc2ncnn2[C@H]1c1ccc(Br)cc1. The Morgan fingerprint density at radius 3 is 2.76 bits per heavy atom. The summed E-state index contributed by atoms with van der Waals surface area (Å²) in [6, 6.07) is 7.39. The molecule has 3 rings (SSSR count). The lowest BCUT2D eigenvalue weighted by atomic mass is 9.96. The highest BCUT2D eigenvalue weighted by Crippen LogP contribution is 2.35. The highest BCUT2D eigenvalue weighted by molar-refractivity contribution is 9.10. The van der Waals surface area contributed by atoms with Crippen LogP contribution in [0.25, 0.3) is 0 Å². The molecule has 1 N–H and O–H groups in total. The first kappa shape index (κ1) is 13.8. The Morgan fingerprint density at radius 1 is 1.38 bits per heavy atom. The van der Waals surface area contributed by atoms with Crippen molar-refractivity contribution >= 4 is 27.8 Å². The molecule has 1 aliphatic rings. The molecule has 2 heterocycles. The van der Waals surface area contributed by atoms with Crippen LogP contribution >= 0.6 is 15.9 Å². The molecule has 0 fully saturated rings. The lowest BCUT2D eigenvalue weighted by Crippen LogP contribution is -2.29. The van der Waals surface area contributed by atoms with Gasteiger partial charge in [0, 0.05) is 10.2 Å². The Labute approximate surface area is 130 Å². The lowest BCUT2D eigenvalue weighted by molar-refractivity contribution is -0.136. The second kappa shape index (κ2) is 5.33. The van der Waals surface area contributed by atoms with Gasteiger partial charge in [-0.05, 0) is 24.6 Å². The van der Waals surface area contributed by atoms with Crippen molar-refractivity contribution in [2.75, 3.05) is 12.4 Å². The van der Waals surface area contributed by atoms with E-state index in [4.69, 9.17) is 4.74 Å². The quantitative estimate of drug-likeness (QED) is 0.844. The van der Waals surface area contributed by atoms with Crippen LogP contribution in [0.4, 0.5) is 5.95 Å². The number of carbonyl (C=O) groups excluding carboxylic acids is 1. The number of carbonyl (C=O) groups is 1.